The highest BCUT2D eigenvalue weighted by molar-refractivity contribution is 6.03. The number of phenolic OH excluding ortho intramolecular Hbond substituents is 1. The lowest BCUT2D eigenvalue weighted by atomic mass is 9.95. The molecule has 22 heavy (non-hydrogen) atoms. The number of hydrogen-bond acceptors (Lipinski definition) is 6. The Labute approximate surface area is 127 Å². The van der Waals surface area contributed by atoms with Gasteiger partial charge in [-0.25, -0.2) is 0 Å². The van der Waals surface area contributed by atoms with Crippen molar-refractivity contribution < 1.29 is 24.1 Å². The second-order valence-electron chi connectivity index (χ2n) is 4.85. The maximum Gasteiger partial charge on any atom is 0.204 e. The molecule has 0 radical (unpaired) electrons. The van der Waals surface area contributed by atoms with Crippen LogP contribution in [-0.4, -0.2) is 30.1 Å². The molecule has 1 atom stereocenters. The van der Waals surface area contributed by atoms with E-state index in [1.807, 2.05) is 0 Å². The molecule has 0 amide bonds. The fourth-order valence-corrected chi connectivity index (χ4v) is 2.54. The third-order valence-corrected chi connectivity index (χ3v) is 3.61. The molecule has 1 N–H and O–H groups in total. The van der Waals surface area contributed by atoms with Gasteiger partial charge in [0.15, 0.2) is 17.3 Å². The van der Waals surface area contributed by atoms with Gasteiger partial charge in [0.2, 0.25) is 5.75 Å². The Balaban J connectivity index is 2.07. The van der Waals surface area contributed by atoms with Crippen LogP contribution >= 0.6 is 0 Å². The molecule has 6 heteroatoms. The van der Waals surface area contributed by atoms with Gasteiger partial charge >= 0.3 is 0 Å². The van der Waals surface area contributed by atoms with Gasteiger partial charge in [-0.2, -0.15) is 0 Å². The van der Waals surface area contributed by atoms with Crippen LogP contribution in [0.2, 0.25) is 0 Å². The molecule has 3 rings (SSSR count). The van der Waals surface area contributed by atoms with Crippen LogP contribution in [0.4, 0.5) is 0 Å². The van der Waals surface area contributed by atoms with E-state index in [0.717, 1.165) is 5.56 Å². The summed E-state index contributed by atoms with van der Waals surface area (Å²) in [6.45, 7) is 0. The quantitative estimate of drug-likeness (QED) is 0.938. The van der Waals surface area contributed by atoms with Gasteiger partial charge in [0.25, 0.3) is 0 Å². The van der Waals surface area contributed by atoms with Gasteiger partial charge in [0.05, 0.1) is 20.6 Å². The lowest BCUT2D eigenvalue weighted by Crippen LogP contribution is -2.20. The van der Waals surface area contributed by atoms with Crippen LogP contribution in [-0.2, 0) is 0 Å². The van der Waals surface area contributed by atoms with Gasteiger partial charge in [0.1, 0.15) is 17.4 Å². The highest BCUT2D eigenvalue weighted by Crippen LogP contribution is 2.48. The molecule has 6 nitrogen and oxygen atoms in total. The molecule has 2 heterocycles. The summed E-state index contributed by atoms with van der Waals surface area (Å²) in [7, 11) is 2.85. The second kappa shape index (κ2) is 5.55. The number of ketones is 1. The summed E-state index contributed by atoms with van der Waals surface area (Å²) in [6.07, 6.45) is 3.01. The molecule has 0 saturated carbocycles. The van der Waals surface area contributed by atoms with E-state index in [1.165, 1.54) is 14.2 Å². The fourth-order valence-electron chi connectivity index (χ4n) is 2.54. The van der Waals surface area contributed by atoms with E-state index in [2.05, 4.69) is 4.98 Å². The molecule has 1 aromatic heterocycles. The Bertz CT molecular complexity index is 714. The maximum absolute atomic E-state index is 12.4. The van der Waals surface area contributed by atoms with Crippen LogP contribution in [0.15, 0.2) is 30.6 Å². The Morgan fingerprint density at radius 2 is 2.00 bits per heavy atom. The summed E-state index contributed by atoms with van der Waals surface area (Å²) in [5, 5.41) is 10.3. The Hall–Kier alpha value is -2.76. The minimum atomic E-state index is -0.416. The van der Waals surface area contributed by atoms with Crippen molar-refractivity contribution in [2.45, 2.75) is 12.5 Å². The van der Waals surface area contributed by atoms with Crippen LogP contribution in [0.25, 0.3) is 0 Å². The van der Waals surface area contributed by atoms with E-state index < -0.39 is 6.10 Å². The number of carbonyl (C=O) groups excluding carboxylic acids is 1. The van der Waals surface area contributed by atoms with Crippen molar-refractivity contribution >= 4 is 5.78 Å². The number of aromatic nitrogens is 1. The molecule has 0 saturated heterocycles. The number of ether oxygens (including phenoxy) is 3. The van der Waals surface area contributed by atoms with Crippen molar-refractivity contribution in [2.75, 3.05) is 14.2 Å². The van der Waals surface area contributed by atoms with Crippen molar-refractivity contribution in [1.82, 2.24) is 4.98 Å². The highest BCUT2D eigenvalue weighted by atomic mass is 16.5. The summed E-state index contributed by atoms with van der Waals surface area (Å²) in [5.74, 6) is 0.257. The summed E-state index contributed by atoms with van der Waals surface area (Å²) >= 11 is 0. The minimum Gasteiger partial charge on any atom is -0.504 e. The van der Waals surface area contributed by atoms with Crippen LogP contribution in [0.1, 0.15) is 28.4 Å². The molecule has 0 fully saturated rings. The zero-order valence-electron chi connectivity index (χ0n) is 12.2. The lowest BCUT2D eigenvalue weighted by Gasteiger charge is -2.27. The van der Waals surface area contributed by atoms with E-state index in [1.54, 1.807) is 30.6 Å². The zero-order valence-corrected chi connectivity index (χ0v) is 12.2. The second-order valence-corrected chi connectivity index (χ2v) is 4.85. The molecule has 1 aliphatic rings. The number of benzene rings is 1. The zero-order chi connectivity index (χ0) is 15.7. The van der Waals surface area contributed by atoms with Gasteiger partial charge in [-0.3, -0.25) is 9.78 Å². The summed E-state index contributed by atoms with van der Waals surface area (Å²) in [6, 6.07) is 5.15. The molecule has 1 unspecified atom stereocenters. The Morgan fingerprint density at radius 1 is 1.27 bits per heavy atom. The van der Waals surface area contributed by atoms with E-state index in [0.29, 0.717) is 5.75 Å². The van der Waals surface area contributed by atoms with Crippen molar-refractivity contribution in [3.05, 3.63) is 41.7 Å². The average molecular weight is 301 g/mol. The first-order chi connectivity index (χ1) is 10.7. The largest absolute Gasteiger partial charge is 0.504 e. The Kier molecular flexibility index (Phi) is 3.58. The molecule has 0 bridgehead atoms. The third-order valence-electron chi connectivity index (χ3n) is 3.61. The summed E-state index contributed by atoms with van der Waals surface area (Å²) < 4.78 is 16.1. The smallest absolute Gasteiger partial charge is 0.204 e. The van der Waals surface area contributed by atoms with Crippen molar-refractivity contribution in [2.24, 2.45) is 0 Å². The van der Waals surface area contributed by atoms with E-state index in [9.17, 15) is 9.90 Å². The van der Waals surface area contributed by atoms with E-state index in [4.69, 9.17) is 14.2 Å². The molecule has 114 valence electrons. The number of nitrogens with zero attached hydrogens (tertiary/aromatic N) is 1. The number of methoxy groups -OCH3 is 2. The van der Waals surface area contributed by atoms with Crippen molar-refractivity contribution in [1.29, 1.82) is 0 Å². The Morgan fingerprint density at radius 3 is 2.64 bits per heavy atom. The van der Waals surface area contributed by atoms with E-state index >= 15 is 0 Å². The molecule has 0 aliphatic carbocycles. The average Bonchev–Trinajstić information content (AvgIpc) is 2.54. The minimum absolute atomic E-state index is 0.126. The third kappa shape index (κ3) is 2.22. The fraction of sp³-hybridized carbons (Fsp3) is 0.250. The van der Waals surface area contributed by atoms with Crippen LogP contribution in [0.3, 0.4) is 0 Å². The van der Waals surface area contributed by atoms with E-state index in [-0.39, 0.29) is 35.0 Å². The topological polar surface area (TPSA) is 77.9 Å². The van der Waals surface area contributed by atoms with Crippen LogP contribution in [0, 0.1) is 0 Å². The number of pyridine rings is 1. The van der Waals surface area contributed by atoms with Gasteiger partial charge < -0.3 is 19.3 Å². The van der Waals surface area contributed by atoms with Gasteiger partial charge in [-0.15, -0.1) is 0 Å². The number of rotatable bonds is 3. The number of phenols is 1. The summed E-state index contributed by atoms with van der Waals surface area (Å²) in [5.41, 5.74) is 0.978. The summed E-state index contributed by atoms with van der Waals surface area (Å²) in [4.78, 5) is 16.4. The molecular weight excluding hydrogens is 286 g/mol. The predicted molar refractivity (Wildman–Crippen MR) is 77.8 cm³/mol. The first kappa shape index (κ1) is 14.2. The standard InChI is InChI=1S/C16H15NO5/c1-20-13-8-12-14(15(19)16(13)21-2)10(18)7-11(22-12)9-3-5-17-6-4-9/h3-6,8,11,19H,7H2,1-2H3. The molecule has 2 aromatic rings. The van der Waals surface area contributed by atoms with Crippen molar-refractivity contribution in [3.8, 4) is 23.0 Å². The van der Waals surface area contributed by atoms with Gasteiger partial charge in [0, 0.05) is 18.5 Å². The number of aromatic hydroxyl groups is 1. The first-order valence-corrected chi connectivity index (χ1v) is 6.73. The molecular formula is C16H15NO5. The highest BCUT2D eigenvalue weighted by Gasteiger charge is 2.33. The normalized spacial score (nSPS) is 16.6. The lowest BCUT2D eigenvalue weighted by molar-refractivity contribution is 0.0843. The predicted octanol–water partition coefficient (Wildman–Crippen LogP) is 2.51. The molecule has 1 aromatic carbocycles. The number of Topliss-reactive ketones (excluding diaryl/α,β-unsaturated/α-hetero) is 1. The number of fused-ring (bicyclic) bond motifs is 1. The molecule has 0 spiro atoms. The van der Waals surface area contributed by atoms with Gasteiger partial charge in [-0.05, 0) is 17.7 Å². The number of hydrogen-bond donors (Lipinski definition) is 1. The maximum atomic E-state index is 12.4. The van der Waals surface area contributed by atoms with Crippen LogP contribution < -0.4 is 14.2 Å². The number of carbonyl (C=O) groups is 1. The van der Waals surface area contributed by atoms with Crippen molar-refractivity contribution in [3.63, 3.8) is 0 Å². The first-order valence-electron chi connectivity index (χ1n) is 6.73. The SMILES string of the molecule is COc1cc2c(c(O)c1OC)C(=O)CC(c1ccncc1)O2. The monoisotopic (exact) mass is 301 g/mol. The van der Waals surface area contributed by atoms with Gasteiger partial charge in [-0.1, -0.05) is 0 Å². The van der Waals surface area contributed by atoms with Crippen LogP contribution in [0.5, 0.6) is 23.0 Å². The molecule has 1 aliphatic heterocycles.